The maximum atomic E-state index is 11.3. The Morgan fingerprint density at radius 3 is 2.93 bits per heavy atom. The molecule has 14 heavy (non-hydrogen) atoms. The molecular formula is C10H13ClN2O. The minimum atomic E-state index is -0.00573. The minimum absolute atomic E-state index is 0.00573. The van der Waals surface area contributed by atoms with Gasteiger partial charge >= 0.3 is 0 Å². The van der Waals surface area contributed by atoms with E-state index in [-0.39, 0.29) is 5.91 Å². The molecule has 0 unspecified atom stereocenters. The second-order valence-electron chi connectivity index (χ2n) is 2.91. The number of aromatic nitrogens is 1. The number of anilines is 1. The summed E-state index contributed by atoms with van der Waals surface area (Å²) in [6, 6.07) is 5.41. The van der Waals surface area contributed by atoms with Crippen LogP contribution in [0.3, 0.4) is 0 Å². The summed E-state index contributed by atoms with van der Waals surface area (Å²) in [5, 5.41) is 2.71. The standard InChI is InChI=1S/C10H13ClN2O/c11-7-3-1-6-10(14)13-9-5-2-4-8-12-9/h2,4-5,8H,1,3,6-7H2,(H,12,13,14). The molecule has 0 saturated carbocycles. The van der Waals surface area contributed by atoms with Gasteiger partial charge in [0.1, 0.15) is 5.82 Å². The van der Waals surface area contributed by atoms with Gasteiger partial charge in [-0.05, 0) is 25.0 Å². The lowest BCUT2D eigenvalue weighted by atomic mass is 10.2. The summed E-state index contributed by atoms with van der Waals surface area (Å²) >= 11 is 5.50. The van der Waals surface area contributed by atoms with E-state index in [0.717, 1.165) is 12.8 Å². The van der Waals surface area contributed by atoms with E-state index in [0.29, 0.717) is 18.1 Å². The summed E-state index contributed by atoms with van der Waals surface area (Å²) in [5.41, 5.74) is 0. The maximum absolute atomic E-state index is 11.3. The van der Waals surface area contributed by atoms with Crippen molar-refractivity contribution in [2.45, 2.75) is 19.3 Å². The van der Waals surface area contributed by atoms with Gasteiger partial charge in [0.2, 0.25) is 5.91 Å². The van der Waals surface area contributed by atoms with Gasteiger partial charge in [0.05, 0.1) is 0 Å². The van der Waals surface area contributed by atoms with Gasteiger partial charge in [-0.1, -0.05) is 6.07 Å². The molecule has 1 rings (SSSR count). The second kappa shape index (κ2) is 6.38. The summed E-state index contributed by atoms with van der Waals surface area (Å²) in [4.78, 5) is 15.3. The predicted octanol–water partition coefficient (Wildman–Crippen LogP) is 2.43. The first kappa shape index (κ1) is 11.0. The number of rotatable bonds is 5. The van der Waals surface area contributed by atoms with Gasteiger partial charge in [0.25, 0.3) is 0 Å². The quantitative estimate of drug-likeness (QED) is 0.602. The van der Waals surface area contributed by atoms with Crippen LogP contribution in [0.25, 0.3) is 0 Å². The molecule has 0 bridgehead atoms. The lowest BCUT2D eigenvalue weighted by molar-refractivity contribution is -0.116. The smallest absolute Gasteiger partial charge is 0.225 e. The average Bonchev–Trinajstić information content (AvgIpc) is 2.20. The van der Waals surface area contributed by atoms with Crippen molar-refractivity contribution >= 4 is 23.3 Å². The SMILES string of the molecule is O=C(CCCCCl)Nc1ccccn1. The van der Waals surface area contributed by atoms with E-state index in [9.17, 15) is 4.79 Å². The Labute approximate surface area is 88.5 Å². The van der Waals surface area contributed by atoms with Crippen molar-refractivity contribution in [3.63, 3.8) is 0 Å². The molecule has 0 aliphatic carbocycles. The summed E-state index contributed by atoms with van der Waals surface area (Å²) in [5.74, 6) is 1.20. The molecule has 1 aromatic rings. The third-order valence-corrected chi connectivity index (χ3v) is 1.99. The number of unbranched alkanes of at least 4 members (excludes halogenated alkanes) is 1. The third kappa shape index (κ3) is 4.23. The zero-order valence-corrected chi connectivity index (χ0v) is 8.63. The van der Waals surface area contributed by atoms with E-state index in [1.54, 1.807) is 12.3 Å². The first-order valence-electron chi connectivity index (χ1n) is 4.60. The molecule has 1 aromatic heterocycles. The van der Waals surface area contributed by atoms with Crippen molar-refractivity contribution in [2.24, 2.45) is 0 Å². The van der Waals surface area contributed by atoms with Crippen molar-refractivity contribution in [1.29, 1.82) is 0 Å². The van der Waals surface area contributed by atoms with Gasteiger partial charge in [-0.3, -0.25) is 4.79 Å². The first-order valence-corrected chi connectivity index (χ1v) is 5.13. The number of hydrogen-bond acceptors (Lipinski definition) is 2. The average molecular weight is 213 g/mol. The Kier molecular flexibility index (Phi) is 5.00. The number of pyridine rings is 1. The third-order valence-electron chi connectivity index (χ3n) is 1.72. The number of carbonyl (C=O) groups excluding carboxylic acids is 1. The van der Waals surface area contributed by atoms with Gasteiger partial charge in [0.15, 0.2) is 0 Å². The van der Waals surface area contributed by atoms with Crippen LogP contribution in [-0.4, -0.2) is 16.8 Å². The number of halogens is 1. The molecule has 0 aromatic carbocycles. The van der Waals surface area contributed by atoms with Crippen LogP contribution in [0.15, 0.2) is 24.4 Å². The predicted molar refractivity (Wildman–Crippen MR) is 57.4 cm³/mol. The van der Waals surface area contributed by atoms with Crippen LogP contribution in [0.1, 0.15) is 19.3 Å². The van der Waals surface area contributed by atoms with Crippen LogP contribution in [-0.2, 0) is 4.79 Å². The highest BCUT2D eigenvalue weighted by Crippen LogP contribution is 2.03. The topological polar surface area (TPSA) is 42.0 Å². The molecule has 0 saturated heterocycles. The Balaban J connectivity index is 2.27. The Morgan fingerprint density at radius 1 is 1.43 bits per heavy atom. The highest BCUT2D eigenvalue weighted by atomic mass is 35.5. The molecule has 1 N–H and O–H groups in total. The fourth-order valence-electron chi connectivity index (χ4n) is 1.02. The normalized spacial score (nSPS) is 9.79. The Bertz CT molecular complexity index is 277. The van der Waals surface area contributed by atoms with Crippen LogP contribution < -0.4 is 5.32 Å². The first-order chi connectivity index (χ1) is 6.83. The fraction of sp³-hybridized carbons (Fsp3) is 0.400. The number of nitrogens with zero attached hydrogens (tertiary/aromatic N) is 1. The Morgan fingerprint density at radius 2 is 2.29 bits per heavy atom. The lowest BCUT2D eigenvalue weighted by Crippen LogP contribution is -2.11. The molecule has 0 aliphatic heterocycles. The number of alkyl halides is 1. The monoisotopic (exact) mass is 212 g/mol. The van der Waals surface area contributed by atoms with E-state index in [2.05, 4.69) is 10.3 Å². The number of nitrogens with one attached hydrogen (secondary N) is 1. The molecule has 0 spiro atoms. The molecule has 3 nitrogen and oxygen atoms in total. The second-order valence-corrected chi connectivity index (χ2v) is 3.29. The molecule has 0 atom stereocenters. The Hall–Kier alpha value is -1.09. The molecule has 1 heterocycles. The van der Waals surface area contributed by atoms with E-state index in [1.807, 2.05) is 12.1 Å². The fourth-order valence-corrected chi connectivity index (χ4v) is 1.21. The van der Waals surface area contributed by atoms with E-state index in [4.69, 9.17) is 11.6 Å². The molecule has 0 fully saturated rings. The van der Waals surface area contributed by atoms with Crippen LogP contribution in [0.2, 0.25) is 0 Å². The highest BCUT2D eigenvalue weighted by Gasteiger charge is 2.01. The largest absolute Gasteiger partial charge is 0.311 e. The zero-order valence-electron chi connectivity index (χ0n) is 7.87. The molecular weight excluding hydrogens is 200 g/mol. The van der Waals surface area contributed by atoms with E-state index < -0.39 is 0 Å². The van der Waals surface area contributed by atoms with Crippen LogP contribution in [0.5, 0.6) is 0 Å². The molecule has 0 aliphatic rings. The molecule has 1 amide bonds. The van der Waals surface area contributed by atoms with Crippen molar-refractivity contribution in [3.8, 4) is 0 Å². The lowest BCUT2D eigenvalue weighted by Gasteiger charge is -2.02. The van der Waals surface area contributed by atoms with Gasteiger partial charge < -0.3 is 5.32 Å². The summed E-state index contributed by atoms with van der Waals surface area (Å²) in [6.45, 7) is 0. The van der Waals surface area contributed by atoms with Gasteiger partial charge in [-0.25, -0.2) is 4.98 Å². The van der Waals surface area contributed by atoms with Crippen molar-refractivity contribution < 1.29 is 4.79 Å². The van der Waals surface area contributed by atoms with Crippen LogP contribution in [0.4, 0.5) is 5.82 Å². The molecule has 76 valence electrons. The van der Waals surface area contributed by atoms with E-state index >= 15 is 0 Å². The van der Waals surface area contributed by atoms with Crippen molar-refractivity contribution in [2.75, 3.05) is 11.2 Å². The maximum Gasteiger partial charge on any atom is 0.225 e. The summed E-state index contributed by atoms with van der Waals surface area (Å²) in [7, 11) is 0. The molecule has 4 heteroatoms. The molecule has 0 radical (unpaired) electrons. The number of hydrogen-bond donors (Lipinski definition) is 1. The van der Waals surface area contributed by atoms with Crippen molar-refractivity contribution in [3.05, 3.63) is 24.4 Å². The van der Waals surface area contributed by atoms with Gasteiger partial charge in [-0.15, -0.1) is 11.6 Å². The van der Waals surface area contributed by atoms with E-state index in [1.165, 1.54) is 0 Å². The summed E-state index contributed by atoms with van der Waals surface area (Å²) < 4.78 is 0. The van der Waals surface area contributed by atoms with Gasteiger partial charge in [-0.2, -0.15) is 0 Å². The number of carbonyl (C=O) groups is 1. The van der Waals surface area contributed by atoms with Gasteiger partial charge in [0, 0.05) is 18.5 Å². The zero-order chi connectivity index (χ0) is 10.2. The van der Waals surface area contributed by atoms with Crippen LogP contribution >= 0.6 is 11.6 Å². The van der Waals surface area contributed by atoms with Crippen molar-refractivity contribution in [1.82, 2.24) is 4.98 Å². The highest BCUT2D eigenvalue weighted by molar-refractivity contribution is 6.17. The summed E-state index contributed by atoms with van der Waals surface area (Å²) in [6.07, 6.45) is 3.84. The van der Waals surface area contributed by atoms with Crippen LogP contribution in [0, 0.1) is 0 Å². The minimum Gasteiger partial charge on any atom is -0.311 e. The number of amides is 1.